The lowest BCUT2D eigenvalue weighted by Gasteiger charge is -2.37. The van der Waals surface area contributed by atoms with Crippen molar-refractivity contribution in [2.24, 2.45) is 5.73 Å². The second-order valence-corrected chi connectivity index (χ2v) is 7.06. The summed E-state index contributed by atoms with van der Waals surface area (Å²) in [5, 5.41) is 9.51. The number of benzene rings is 1. The number of nitrogen functional groups attached to an aromatic ring is 1. The second-order valence-electron chi connectivity index (χ2n) is 4.74. The zero-order chi connectivity index (χ0) is 13.3. The van der Waals surface area contributed by atoms with Crippen LogP contribution in [0.25, 0.3) is 0 Å². The third-order valence-electron chi connectivity index (χ3n) is 3.01. The quantitative estimate of drug-likeness (QED) is 0.648. The van der Waals surface area contributed by atoms with Gasteiger partial charge in [0, 0.05) is 39.9 Å². The number of nitrogens with zero attached hydrogens (tertiary/aromatic N) is 1. The Bertz CT molecular complexity index is 454. The van der Waals surface area contributed by atoms with Crippen LogP contribution in [-0.2, 0) is 0 Å². The van der Waals surface area contributed by atoms with Gasteiger partial charge in [-0.2, -0.15) is 11.8 Å². The highest BCUT2D eigenvalue weighted by atomic mass is 35.5. The highest BCUT2D eigenvalue weighted by Crippen LogP contribution is 2.31. The normalized spacial score (nSPS) is 24.1. The van der Waals surface area contributed by atoms with E-state index in [0.717, 1.165) is 24.3 Å². The molecule has 1 heterocycles. The molecule has 5 heteroatoms. The van der Waals surface area contributed by atoms with Gasteiger partial charge in [0.1, 0.15) is 5.84 Å². The average Bonchev–Trinajstić information content (AvgIpc) is 2.27. The molecule has 0 aromatic heterocycles. The molecule has 98 valence electrons. The highest BCUT2D eigenvalue weighted by molar-refractivity contribution is 8.00. The molecule has 1 aliphatic heterocycles. The molecule has 2 unspecified atom stereocenters. The van der Waals surface area contributed by atoms with Crippen molar-refractivity contribution < 1.29 is 0 Å². The zero-order valence-electron chi connectivity index (χ0n) is 10.6. The second kappa shape index (κ2) is 5.41. The summed E-state index contributed by atoms with van der Waals surface area (Å²) in [6.45, 7) is 6.39. The summed E-state index contributed by atoms with van der Waals surface area (Å²) in [4.78, 5) is 2.29. The van der Waals surface area contributed by atoms with E-state index < -0.39 is 0 Å². The third-order valence-corrected chi connectivity index (χ3v) is 4.47. The van der Waals surface area contributed by atoms with Crippen LogP contribution in [-0.4, -0.2) is 29.4 Å². The monoisotopic (exact) mass is 283 g/mol. The highest BCUT2D eigenvalue weighted by Gasteiger charge is 2.24. The van der Waals surface area contributed by atoms with Crippen LogP contribution in [0.4, 0.5) is 5.69 Å². The van der Waals surface area contributed by atoms with Gasteiger partial charge in [-0.3, -0.25) is 5.41 Å². The van der Waals surface area contributed by atoms with Crippen molar-refractivity contribution in [3.8, 4) is 0 Å². The van der Waals surface area contributed by atoms with Gasteiger partial charge in [-0.1, -0.05) is 25.4 Å². The number of nitrogens with one attached hydrogen (secondary N) is 1. The first kappa shape index (κ1) is 13.6. The van der Waals surface area contributed by atoms with Crippen molar-refractivity contribution in [3.63, 3.8) is 0 Å². The number of halogens is 1. The Morgan fingerprint density at radius 3 is 2.56 bits per heavy atom. The minimum atomic E-state index is 0.0974. The molecule has 0 amide bonds. The maximum absolute atomic E-state index is 7.67. The van der Waals surface area contributed by atoms with Gasteiger partial charge in [0.05, 0.1) is 0 Å². The SMILES string of the molecule is CC1CN(c2cc(Cl)ccc2C(=N)N)CC(C)S1. The summed E-state index contributed by atoms with van der Waals surface area (Å²) in [5.74, 6) is 0.0974. The van der Waals surface area contributed by atoms with E-state index in [2.05, 4.69) is 18.7 Å². The Balaban J connectivity index is 2.36. The van der Waals surface area contributed by atoms with Crippen LogP contribution in [0.15, 0.2) is 18.2 Å². The standard InChI is InChI=1S/C13H18ClN3S/c1-8-6-17(7-9(2)18-8)12-5-10(14)3-4-11(12)13(15)16/h3-5,8-9H,6-7H2,1-2H3,(H3,15,16). The molecule has 2 rings (SSSR count). The lowest BCUT2D eigenvalue weighted by Crippen LogP contribution is -2.41. The third kappa shape index (κ3) is 2.93. The predicted molar refractivity (Wildman–Crippen MR) is 81.2 cm³/mol. The number of rotatable bonds is 2. The first-order valence-electron chi connectivity index (χ1n) is 6.01. The summed E-state index contributed by atoms with van der Waals surface area (Å²) in [7, 11) is 0. The maximum Gasteiger partial charge on any atom is 0.124 e. The molecule has 3 nitrogen and oxygen atoms in total. The number of anilines is 1. The van der Waals surface area contributed by atoms with Crippen LogP contribution < -0.4 is 10.6 Å². The number of nitrogens with two attached hydrogens (primary N) is 1. The van der Waals surface area contributed by atoms with Gasteiger partial charge in [0.25, 0.3) is 0 Å². The van der Waals surface area contributed by atoms with Gasteiger partial charge in [0.15, 0.2) is 0 Å². The van der Waals surface area contributed by atoms with Gasteiger partial charge < -0.3 is 10.6 Å². The van der Waals surface area contributed by atoms with Gasteiger partial charge in [-0.25, -0.2) is 0 Å². The molecule has 0 radical (unpaired) electrons. The fourth-order valence-electron chi connectivity index (χ4n) is 2.37. The maximum atomic E-state index is 7.67. The van der Waals surface area contributed by atoms with Crippen molar-refractivity contribution in [2.45, 2.75) is 24.3 Å². The van der Waals surface area contributed by atoms with Crippen LogP contribution >= 0.6 is 23.4 Å². The summed E-state index contributed by atoms with van der Waals surface area (Å²) in [6.07, 6.45) is 0. The predicted octanol–water partition coefficient (Wildman–Crippen LogP) is 2.95. The van der Waals surface area contributed by atoms with Gasteiger partial charge >= 0.3 is 0 Å². The zero-order valence-corrected chi connectivity index (χ0v) is 12.2. The minimum absolute atomic E-state index is 0.0974. The van der Waals surface area contributed by atoms with E-state index in [9.17, 15) is 0 Å². The largest absolute Gasteiger partial charge is 0.384 e. The smallest absolute Gasteiger partial charge is 0.124 e. The Morgan fingerprint density at radius 2 is 2.00 bits per heavy atom. The molecular weight excluding hydrogens is 266 g/mol. The number of hydrogen-bond donors (Lipinski definition) is 2. The number of amidine groups is 1. The van der Waals surface area contributed by atoms with E-state index in [0.29, 0.717) is 15.5 Å². The summed E-state index contributed by atoms with van der Waals surface area (Å²) in [5.41, 5.74) is 7.40. The van der Waals surface area contributed by atoms with E-state index in [1.807, 2.05) is 23.9 Å². The lowest BCUT2D eigenvalue weighted by atomic mass is 10.1. The molecule has 1 aromatic rings. The van der Waals surface area contributed by atoms with E-state index in [1.165, 1.54) is 0 Å². The molecule has 1 aliphatic rings. The van der Waals surface area contributed by atoms with Crippen molar-refractivity contribution in [1.29, 1.82) is 5.41 Å². The van der Waals surface area contributed by atoms with Crippen LogP contribution in [0.1, 0.15) is 19.4 Å². The van der Waals surface area contributed by atoms with E-state index in [-0.39, 0.29) is 5.84 Å². The molecule has 0 saturated carbocycles. The molecule has 18 heavy (non-hydrogen) atoms. The van der Waals surface area contributed by atoms with Gasteiger partial charge in [-0.05, 0) is 18.2 Å². The molecule has 0 bridgehead atoms. The fraction of sp³-hybridized carbons (Fsp3) is 0.462. The Labute approximate surface area is 117 Å². The van der Waals surface area contributed by atoms with Crippen molar-refractivity contribution in [3.05, 3.63) is 28.8 Å². The summed E-state index contributed by atoms with van der Waals surface area (Å²) < 4.78 is 0. The molecule has 3 N–H and O–H groups in total. The molecule has 1 saturated heterocycles. The molecule has 1 aromatic carbocycles. The van der Waals surface area contributed by atoms with Crippen molar-refractivity contribution in [1.82, 2.24) is 0 Å². The summed E-state index contributed by atoms with van der Waals surface area (Å²) >= 11 is 8.07. The fourth-order valence-corrected chi connectivity index (χ4v) is 3.86. The summed E-state index contributed by atoms with van der Waals surface area (Å²) in [6, 6.07) is 5.53. The minimum Gasteiger partial charge on any atom is -0.384 e. The first-order valence-corrected chi connectivity index (χ1v) is 7.34. The number of hydrogen-bond acceptors (Lipinski definition) is 3. The van der Waals surface area contributed by atoms with E-state index in [1.54, 1.807) is 6.07 Å². The van der Waals surface area contributed by atoms with E-state index >= 15 is 0 Å². The lowest BCUT2D eigenvalue weighted by molar-refractivity contribution is 0.728. The Kier molecular flexibility index (Phi) is 4.07. The topological polar surface area (TPSA) is 53.1 Å². The molecule has 0 spiro atoms. The van der Waals surface area contributed by atoms with Crippen LogP contribution in [0.3, 0.4) is 0 Å². The van der Waals surface area contributed by atoms with E-state index in [4.69, 9.17) is 22.7 Å². The molecule has 0 aliphatic carbocycles. The average molecular weight is 284 g/mol. The molecule has 2 atom stereocenters. The van der Waals surface area contributed by atoms with Gasteiger partial charge in [-0.15, -0.1) is 0 Å². The Morgan fingerprint density at radius 1 is 1.39 bits per heavy atom. The first-order chi connectivity index (χ1) is 8.47. The van der Waals surface area contributed by atoms with Crippen LogP contribution in [0.5, 0.6) is 0 Å². The molecular formula is C13H18ClN3S. The number of thioether (sulfide) groups is 1. The van der Waals surface area contributed by atoms with Crippen molar-refractivity contribution in [2.75, 3.05) is 18.0 Å². The molecule has 1 fully saturated rings. The van der Waals surface area contributed by atoms with Crippen LogP contribution in [0, 0.1) is 5.41 Å². The Hall–Kier alpha value is -0.870. The van der Waals surface area contributed by atoms with Gasteiger partial charge in [0.2, 0.25) is 0 Å². The van der Waals surface area contributed by atoms with Crippen LogP contribution in [0.2, 0.25) is 5.02 Å². The van der Waals surface area contributed by atoms with Crippen molar-refractivity contribution >= 4 is 34.9 Å².